The van der Waals surface area contributed by atoms with Crippen molar-refractivity contribution in [2.75, 3.05) is 7.11 Å². The number of nitriles is 1. The van der Waals surface area contributed by atoms with E-state index in [9.17, 15) is 9.59 Å². The van der Waals surface area contributed by atoms with E-state index in [1.807, 2.05) is 4.98 Å². The zero-order chi connectivity index (χ0) is 21.4. The second-order valence-electron chi connectivity index (χ2n) is 5.91. The first-order valence-electron chi connectivity index (χ1n) is 8.24. The van der Waals surface area contributed by atoms with Gasteiger partial charge in [-0.2, -0.15) is 9.94 Å². The average molecular weight is 445 g/mol. The SMILES string of the molecule is COc1n[nH]c2ccc(Oc3c(Cl)cc(-n4nc(C#N)c(=O)[nH]c4=O)cc3Cl)cc12. The van der Waals surface area contributed by atoms with Crippen LogP contribution < -0.4 is 20.7 Å². The molecule has 30 heavy (non-hydrogen) atoms. The van der Waals surface area contributed by atoms with Crippen molar-refractivity contribution in [1.29, 1.82) is 5.26 Å². The lowest BCUT2D eigenvalue weighted by atomic mass is 10.2. The van der Waals surface area contributed by atoms with E-state index in [2.05, 4.69) is 15.3 Å². The summed E-state index contributed by atoms with van der Waals surface area (Å²) in [4.78, 5) is 25.6. The first-order chi connectivity index (χ1) is 14.4. The molecule has 0 aliphatic rings. The summed E-state index contributed by atoms with van der Waals surface area (Å²) in [6.07, 6.45) is 0. The summed E-state index contributed by atoms with van der Waals surface area (Å²) < 4.78 is 11.8. The van der Waals surface area contributed by atoms with Crippen molar-refractivity contribution in [2.45, 2.75) is 0 Å². The summed E-state index contributed by atoms with van der Waals surface area (Å²) in [5, 5.41) is 20.4. The lowest BCUT2D eigenvalue weighted by molar-refractivity contribution is 0.401. The van der Waals surface area contributed by atoms with Crippen LogP contribution in [0.1, 0.15) is 5.69 Å². The first-order valence-corrected chi connectivity index (χ1v) is 9.00. The Morgan fingerprint density at radius 3 is 2.57 bits per heavy atom. The van der Waals surface area contributed by atoms with Crippen molar-refractivity contribution in [3.05, 3.63) is 66.9 Å². The molecule has 0 radical (unpaired) electrons. The monoisotopic (exact) mass is 444 g/mol. The van der Waals surface area contributed by atoms with Gasteiger partial charge in [-0.25, -0.2) is 4.79 Å². The van der Waals surface area contributed by atoms with Crippen LogP contribution in [-0.2, 0) is 0 Å². The lowest BCUT2D eigenvalue weighted by Crippen LogP contribution is -2.33. The van der Waals surface area contributed by atoms with Crippen LogP contribution in [0.15, 0.2) is 39.9 Å². The molecule has 0 atom stereocenters. The van der Waals surface area contributed by atoms with Gasteiger partial charge in [0.15, 0.2) is 5.75 Å². The first kappa shape index (κ1) is 19.5. The predicted octanol–water partition coefficient (Wildman–Crippen LogP) is 2.78. The van der Waals surface area contributed by atoms with Gasteiger partial charge in [0, 0.05) is 0 Å². The van der Waals surface area contributed by atoms with Crippen LogP contribution in [0.25, 0.3) is 16.6 Å². The van der Waals surface area contributed by atoms with E-state index < -0.39 is 16.9 Å². The molecule has 0 saturated heterocycles. The van der Waals surface area contributed by atoms with Crippen LogP contribution in [0.5, 0.6) is 17.4 Å². The third-order valence-corrected chi connectivity index (χ3v) is 4.64. The van der Waals surface area contributed by atoms with E-state index in [-0.39, 0.29) is 21.5 Å². The Bertz CT molecular complexity index is 1430. The quantitative estimate of drug-likeness (QED) is 0.493. The second kappa shape index (κ2) is 7.55. The molecule has 0 aliphatic carbocycles. The molecule has 0 amide bonds. The highest BCUT2D eigenvalue weighted by atomic mass is 35.5. The Kier molecular flexibility index (Phi) is 4.91. The number of aromatic nitrogens is 5. The smallest absolute Gasteiger partial charge is 0.349 e. The van der Waals surface area contributed by atoms with Crippen LogP contribution in [-0.4, -0.2) is 32.1 Å². The number of ether oxygens (including phenoxy) is 2. The minimum atomic E-state index is -0.888. The molecule has 0 bridgehead atoms. The summed E-state index contributed by atoms with van der Waals surface area (Å²) in [6, 6.07) is 9.48. The van der Waals surface area contributed by atoms with Gasteiger partial charge in [-0.1, -0.05) is 23.2 Å². The van der Waals surface area contributed by atoms with E-state index in [1.54, 1.807) is 24.3 Å². The highest BCUT2D eigenvalue weighted by Crippen LogP contribution is 2.39. The van der Waals surface area contributed by atoms with Crippen molar-refractivity contribution in [3.63, 3.8) is 0 Å². The van der Waals surface area contributed by atoms with Crippen molar-refractivity contribution in [3.8, 4) is 29.1 Å². The molecule has 4 rings (SSSR count). The summed E-state index contributed by atoms with van der Waals surface area (Å²) in [5.74, 6) is 0.964. The summed E-state index contributed by atoms with van der Waals surface area (Å²) in [5.41, 5.74) is -1.33. The van der Waals surface area contributed by atoms with Gasteiger partial charge in [0.05, 0.1) is 33.7 Å². The number of aromatic amines is 2. The summed E-state index contributed by atoms with van der Waals surface area (Å²) in [6.45, 7) is 0. The van der Waals surface area contributed by atoms with Gasteiger partial charge in [0.25, 0.3) is 5.56 Å². The van der Waals surface area contributed by atoms with Crippen LogP contribution in [0.2, 0.25) is 10.0 Å². The van der Waals surface area contributed by atoms with E-state index in [1.165, 1.54) is 19.2 Å². The number of hydrogen-bond acceptors (Lipinski definition) is 7. The fourth-order valence-corrected chi connectivity index (χ4v) is 3.27. The van der Waals surface area contributed by atoms with Crippen molar-refractivity contribution in [1.82, 2.24) is 25.0 Å². The van der Waals surface area contributed by atoms with Crippen molar-refractivity contribution >= 4 is 34.1 Å². The molecule has 10 nitrogen and oxygen atoms in total. The number of nitrogens with zero attached hydrogens (tertiary/aromatic N) is 4. The third-order valence-electron chi connectivity index (χ3n) is 4.07. The molecule has 2 N–H and O–H groups in total. The lowest BCUT2D eigenvalue weighted by Gasteiger charge is -2.12. The molecule has 0 saturated carbocycles. The third kappa shape index (κ3) is 3.36. The number of benzene rings is 2. The zero-order valence-corrected chi connectivity index (χ0v) is 16.6. The highest BCUT2D eigenvalue weighted by Gasteiger charge is 2.16. The van der Waals surface area contributed by atoms with Gasteiger partial charge in [-0.15, -0.1) is 10.2 Å². The molecular formula is C18H10Cl2N6O4. The summed E-state index contributed by atoms with van der Waals surface area (Å²) in [7, 11) is 1.50. The fraction of sp³-hybridized carbons (Fsp3) is 0.0556. The normalized spacial score (nSPS) is 10.7. The van der Waals surface area contributed by atoms with Crippen LogP contribution in [0, 0.1) is 11.3 Å². The molecule has 2 aromatic heterocycles. The van der Waals surface area contributed by atoms with Crippen LogP contribution in [0.4, 0.5) is 0 Å². The Hall–Kier alpha value is -3.81. The second-order valence-corrected chi connectivity index (χ2v) is 6.73. The number of H-pyrrole nitrogens is 2. The molecule has 150 valence electrons. The molecule has 0 unspecified atom stereocenters. The minimum absolute atomic E-state index is 0.0789. The number of rotatable bonds is 4. The Balaban J connectivity index is 1.75. The maximum atomic E-state index is 12.1. The largest absolute Gasteiger partial charge is 0.480 e. The van der Waals surface area contributed by atoms with E-state index in [0.29, 0.717) is 17.0 Å². The zero-order valence-electron chi connectivity index (χ0n) is 15.1. The fourth-order valence-electron chi connectivity index (χ4n) is 2.72. The van der Waals surface area contributed by atoms with Gasteiger partial charge < -0.3 is 9.47 Å². The minimum Gasteiger partial charge on any atom is -0.480 e. The number of halogens is 2. The highest BCUT2D eigenvalue weighted by molar-refractivity contribution is 6.37. The Labute approximate surface area is 177 Å². The predicted molar refractivity (Wildman–Crippen MR) is 108 cm³/mol. The molecule has 2 heterocycles. The van der Waals surface area contributed by atoms with Crippen molar-refractivity contribution in [2.24, 2.45) is 0 Å². The maximum absolute atomic E-state index is 12.1. The molecule has 0 spiro atoms. The topological polar surface area (TPSA) is 139 Å². The van der Waals surface area contributed by atoms with Crippen LogP contribution >= 0.6 is 23.2 Å². The van der Waals surface area contributed by atoms with Gasteiger partial charge in [-0.05, 0) is 30.3 Å². The Morgan fingerprint density at radius 2 is 1.90 bits per heavy atom. The van der Waals surface area contributed by atoms with E-state index >= 15 is 0 Å². The molecule has 2 aromatic carbocycles. The Morgan fingerprint density at radius 1 is 1.17 bits per heavy atom. The molecule has 0 aliphatic heterocycles. The standard InChI is InChI=1S/C18H10Cl2N6O4/c1-29-17-10-6-9(2-3-13(10)23-24-17)30-15-11(19)4-8(5-12(15)20)26-18(28)22-16(27)14(7-21)25-26/h2-6H,1H3,(H,23,24)(H,22,27,28). The number of nitrogens with one attached hydrogen (secondary N) is 2. The molecular weight excluding hydrogens is 435 g/mol. The summed E-state index contributed by atoms with van der Waals surface area (Å²) >= 11 is 12.6. The molecule has 4 aromatic rings. The van der Waals surface area contributed by atoms with Gasteiger partial charge in [0.2, 0.25) is 11.6 Å². The maximum Gasteiger partial charge on any atom is 0.349 e. The molecule has 0 fully saturated rings. The molecule has 12 heteroatoms. The number of hydrogen-bond donors (Lipinski definition) is 2. The van der Waals surface area contributed by atoms with Crippen LogP contribution in [0.3, 0.4) is 0 Å². The van der Waals surface area contributed by atoms with Crippen molar-refractivity contribution < 1.29 is 9.47 Å². The van der Waals surface area contributed by atoms with E-state index in [4.69, 9.17) is 37.9 Å². The number of fused-ring (bicyclic) bond motifs is 1. The van der Waals surface area contributed by atoms with Gasteiger partial charge in [0.1, 0.15) is 11.8 Å². The van der Waals surface area contributed by atoms with Gasteiger partial charge in [-0.3, -0.25) is 14.9 Å². The average Bonchev–Trinajstić information content (AvgIpc) is 3.13. The number of methoxy groups -OCH3 is 1. The van der Waals surface area contributed by atoms with Gasteiger partial charge >= 0.3 is 5.69 Å². The van der Waals surface area contributed by atoms with E-state index in [0.717, 1.165) is 10.2 Å².